The molecule has 2 aromatic rings. The lowest BCUT2D eigenvalue weighted by molar-refractivity contribution is -0.894. The quantitative estimate of drug-likeness (QED) is 0.833. The van der Waals surface area contributed by atoms with Gasteiger partial charge in [-0.05, 0) is 50.3 Å². The number of carbonyl (C=O) groups excluding carboxylic acids is 1. The standard InChI is InChI=1S/C19H23N3O2S/c1-13-7-8-14(24-13)12-22(2)10-9-18(23)21-19-16(11-20)15-5-3-4-6-17(15)25-19/h7-8H,3-6,9-10,12H2,1-2H3,(H,21,23)/p+1. The average molecular weight is 358 g/mol. The Labute approximate surface area is 152 Å². The lowest BCUT2D eigenvalue weighted by Gasteiger charge is -2.12. The summed E-state index contributed by atoms with van der Waals surface area (Å²) in [6.45, 7) is 3.41. The van der Waals surface area contributed by atoms with Crippen molar-refractivity contribution in [1.29, 1.82) is 5.26 Å². The van der Waals surface area contributed by atoms with Crippen molar-refractivity contribution in [3.63, 3.8) is 0 Å². The van der Waals surface area contributed by atoms with Crippen LogP contribution in [0.2, 0.25) is 0 Å². The Morgan fingerprint density at radius 1 is 1.40 bits per heavy atom. The number of nitrogens with zero attached hydrogens (tertiary/aromatic N) is 1. The summed E-state index contributed by atoms with van der Waals surface area (Å²) >= 11 is 1.58. The first-order chi connectivity index (χ1) is 12.1. The molecule has 0 saturated carbocycles. The molecule has 0 aliphatic heterocycles. The first-order valence-corrected chi connectivity index (χ1v) is 9.59. The first kappa shape index (κ1) is 17.7. The molecule has 1 amide bonds. The maximum absolute atomic E-state index is 12.3. The fourth-order valence-corrected chi connectivity index (χ4v) is 4.51. The molecule has 1 aliphatic rings. The number of anilines is 1. The molecule has 25 heavy (non-hydrogen) atoms. The van der Waals surface area contributed by atoms with Gasteiger partial charge in [-0.2, -0.15) is 5.26 Å². The summed E-state index contributed by atoms with van der Waals surface area (Å²) in [5.74, 6) is 1.82. The number of nitrogens with one attached hydrogen (secondary N) is 2. The summed E-state index contributed by atoms with van der Waals surface area (Å²) in [6, 6.07) is 6.22. The molecule has 5 nitrogen and oxygen atoms in total. The fourth-order valence-electron chi connectivity index (χ4n) is 3.25. The zero-order valence-electron chi connectivity index (χ0n) is 14.8. The van der Waals surface area contributed by atoms with Crippen LogP contribution >= 0.6 is 11.3 Å². The Morgan fingerprint density at radius 3 is 2.92 bits per heavy atom. The van der Waals surface area contributed by atoms with E-state index in [1.807, 2.05) is 19.1 Å². The Balaban J connectivity index is 1.54. The molecule has 2 aromatic heterocycles. The Bertz CT molecular complexity index is 800. The van der Waals surface area contributed by atoms with E-state index in [4.69, 9.17) is 4.42 Å². The molecule has 0 saturated heterocycles. The summed E-state index contributed by atoms with van der Waals surface area (Å²) < 4.78 is 5.58. The zero-order chi connectivity index (χ0) is 17.8. The number of aryl methyl sites for hydroxylation is 2. The van der Waals surface area contributed by atoms with E-state index in [1.165, 1.54) is 16.2 Å². The second-order valence-corrected chi connectivity index (χ2v) is 7.83. The van der Waals surface area contributed by atoms with E-state index in [1.54, 1.807) is 11.3 Å². The molecule has 1 atom stereocenters. The Hall–Kier alpha value is -2.10. The molecule has 3 rings (SSSR count). The van der Waals surface area contributed by atoms with Crippen molar-refractivity contribution < 1.29 is 14.1 Å². The fraction of sp³-hybridized carbons (Fsp3) is 0.474. The number of hydrogen-bond donors (Lipinski definition) is 2. The van der Waals surface area contributed by atoms with Crippen molar-refractivity contribution in [2.75, 3.05) is 18.9 Å². The monoisotopic (exact) mass is 358 g/mol. The van der Waals surface area contributed by atoms with Crippen molar-refractivity contribution in [2.45, 2.75) is 45.6 Å². The number of fused-ring (bicyclic) bond motifs is 1. The summed E-state index contributed by atoms with van der Waals surface area (Å²) in [6.07, 6.45) is 4.72. The van der Waals surface area contributed by atoms with Gasteiger partial charge in [0.25, 0.3) is 0 Å². The van der Waals surface area contributed by atoms with Crippen LogP contribution in [0.1, 0.15) is 46.8 Å². The third kappa shape index (κ3) is 4.30. The topological polar surface area (TPSA) is 70.5 Å². The molecule has 2 N–H and O–H groups in total. The number of quaternary nitrogens is 1. The van der Waals surface area contributed by atoms with E-state index in [-0.39, 0.29) is 5.91 Å². The molecule has 1 aliphatic carbocycles. The average Bonchev–Trinajstić information content (AvgIpc) is 3.15. The summed E-state index contributed by atoms with van der Waals surface area (Å²) in [4.78, 5) is 14.8. The van der Waals surface area contributed by atoms with E-state index in [0.717, 1.165) is 54.4 Å². The summed E-state index contributed by atoms with van der Waals surface area (Å²) in [5.41, 5.74) is 1.84. The number of amides is 1. The normalized spacial score (nSPS) is 14.6. The van der Waals surface area contributed by atoms with Crippen LogP contribution in [-0.2, 0) is 24.2 Å². The van der Waals surface area contributed by atoms with Gasteiger partial charge in [0.15, 0.2) is 5.76 Å². The molecule has 0 radical (unpaired) electrons. The Kier molecular flexibility index (Phi) is 5.57. The third-order valence-corrected chi connectivity index (χ3v) is 5.79. The van der Waals surface area contributed by atoms with Crippen LogP contribution in [0, 0.1) is 18.3 Å². The first-order valence-electron chi connectivity index (χ1n) is 8.78. The number of nitriles is 1. The van der Waals surface area contributed by atoms with Gasteiger partial charge >= 0.3 is 0 Å². The number of thiophene rings is 1. The highest BCUT2D eigenvalue weighted by molar-refractivity contribution is 7.16. The maximum Gasteiger partial charge on any atom is 0.230 e. The molecule has 0 fully saturated rings. The molecule has 0 spiro atoms. The van der Waals surface area contributed by atoms with E-state index in [0.29, 0.717) is 12.0 Å². The van der Waals surface area contributed by atoms with E-state index in [9.17, 15) is 10.1 Å². The van der Waals surface area contributed by atoms with Crippen LogP contribution in [-0.4, -0.2) is 19.5 Å². The minimum atomic E-state index is -0.0231. The molecule has 0 aromatic carbocycles. The van der Waals surface area contributed by atoms with Gasteiger partial charge in [0.2, 0.25) is 5.91 Å². The minimum Gasteiger partial charge on any atom is -0.460 e. The van der Waals surface area contributed by atoms with Crippen LogP contribution in [0.4, 0.5) is 5.00 Å². The lowest BCUT2D eigenvalue weighted by Crippen LogP contribution is -3.07. The van der Waals surface area contributed by atoms with Crippen molar-refractivity contribution in [3.05, 3.63) is 39.7 Å². The van der Waals surface area contributed by atoms with Gasteiger partial charge < -0.3 is 14.6 Å². The van der Waals surface area contributed by atoms with E-state index >= 15 is 0 Å². The van der Waals surface area contributed by atoms with Gasteiger partial charge in [0.1, 0.15) is 23.4 Å². The minimum absolute atomic E-state index is 0.0231. The summed E-state index contributed by atoms with van der Waals surface area (Å²) in [7, 11) is 2.05. The van der Waals surface area contributed by atoms with Gasteiger partial charge in [-0.15, -0.1) is 11.3 Å². The largest absolute Gasteiger partial charge is 0.460 e. The molecular weight excluding hydrogens is 334 g/mol. The molecule has 2 heterocycles. The second kappa shape index (κ2) is 7.85. The third-order valence-electron chi connectivity index (χ3n) is 4.59. The number of hydrogen-bond acceptors (Lipinski definition) is 4. The SMILES string of the molecule is Cc1ccc(C[NH+](C)CCC(=O)Nc2sc3c(c2C#N)CCCC3)o1. The molecular formula is C19H24N3O2S+. The molecule has 1 unspecified atom stereocenters. The molecule has 6 heteroatoms. The van der Waals surface area contributed by atoms with Gasteiger partial charge in [-0.1, -0.05) is 0 Å². The second-order valence-electron chi connectivity index (χ2n) is 6.72. The van der Waals surface area contributed by atoms with Crippen molar-refractivity contribution in [1.82, 2.24) is 0 Å². The van der Waals surface area contributed by atoms with Gasteiger partial charge in [-0.3, -0.25) is 4.79 Å². The van der Waals surface area contributed by atoms with E-state index in [2.05, 4.69) is 18.4 Å². The highest BCUT2D eigenvalue weighted by Crippen LogP contribution is 2.37. The zero-order valence-corrected chi connectivity index (χ0v) is 15.6. The van der Waals surface area contributed by atoms with Gasteiger partial charge in [0.05, 0.1) is 25.6 Å². The number of furan rings is 1. The molecule has 132 valence electrons. The number of carbonyl (C=O) groups is 1. The smallest absolute Gasteiger partial charge is 0.230 e. The van der Waals surface area contributed by atoms with Crippen LogP contribution in [0.15, 0.2) is 16.5 Å². The van der Waals surface area contributed by atoms with Crippen LogP contribution < -0.4 is 10.2 Å². The maximum atomic E-state index is 12.3. The van der Waals surface area contributed by atoms with Crippen LogP contribution in [0.3, 0.4) is 0 Å². The van der Waals surface area contributed by atoms with Gasteiger partial charge in [0, 0.05) is 4.88 Å². The summed E-state index contributed by atoms with van der Waals surface area (Å²) in [5, 5.41) is 13.1. The molecule has 0 bridgehead atoms. The van der Waals surface area contributed by atoms with Crippen LogP contribution in [0.25, 0.3) is 0 Å². The predicted molar refractivity (Wildman–Crippen MR) is 97.8 cm³/mol. The number of rotatable bonds is 6. The highest BCUT2D eigenvalue weighted by atomic mass is 32.1. The van der Waals surface area contributed by atoms with Crippen molar-refractivity contribution >= 4 is 22.2 Å². The lowest BCUT2D eigenvalue weighted by atomic mass is 9.96. The predicted octanol–water partition coefficient (Wildman–Crippen LogP) is 2.44. The van der Waals surface area contributed by atoms with Crippen LogP contribution in [0.5, 0.6) is 0 Å². The van der Waals surface area contributed by atoms with Gasteiger partial charge in [-0.25, -0.2) is 0 Å². The van der Waals surface area contributed by atoms with Crippen molar-refractivity contribution in [3.8, 4) is 6.07 Å². The van der Waals surface area contributed by atoms with Crippen molar-refractivity contribution in [2.24, 2.45) is 0 Å². The van der Waals surface area contributed by atoms with E-state index < -0.39 is 0 Å². The Morgan fingerprint density at radius 2 is 2.20 bits per heavy atom. The highest BCUT2D eigenvalue weighted by Gasteiger charge is 2.22.